The Morgan fingerprint density at radius 3 is 2.80 bits per heavy atom. The van der Waals surface area contributed by atoms with E-state index in [1.54, 1.807) is 11.8 Å². The van der Waals surface area contributed by atoms with Crippen molar-refractivity contribution in [3.05, 3.63) is 47.3 Å². The molecule has 30 heavy (non-hydrogen) atoms. The van der Waals surface area contributed by atoms with Crippen LogP contribution in [-0.2, 0) is 11.3 Å². The number of carbonyl (C=O) groups is 1. The third-order valence-corrected chi connectivity index (χ3v) is 5.69. The summed E-state index contributed by atoms with van der Waals surface area (Å²) in [5, 5.41) is 12.5. The zero-order valence-electron chi connectivity index (χ0n) is 17.8. The van der Waals surface area contributed by atoms with Gasteiger partial charge in [0.05, 0.1) is 12.4 Å². The molecule has 0 aliphatic rings. The molecule has 0 bridgehead atoms. The average molecular weight is 430 g/mol. The highest BCUT2D eigenvalue weighted by molar-refractivity contribution is 7.99. The third-order valence-electron chi connectivity index (χ3n) is 4.77. The summed E-state index contributed by atoms with van der Waals surface area (Å²) in [6.45, 7) is 8.01. The van der Waals surface area contributed by atoms with E-state index >= 15 is 0 Å². The highest BCUT2D eigenvalue weighted by Gasteiger charge is 2.19. The van der Waals surface area contributed by atoms with Crippen LogP contribution in [0.3, 0.4) is 0 Å². The molecule has 8 nitrogen and oxygen atoms in total. The molecule has 3 aromatic rings. The topological polar surface area (TPSA) is 84.1 Å². The first-order valence-corrected chi connectivity index (χ1v) is 10.9. The van der Waals surface area contributed by atoms with Crippen LogP contribution in [0.5, 0.6) is 5.75 Å². The van der Waals surface area contributed by atoms with Crippen LogP contribution in [-0.4, -0.2) is 56.6 Å². The van der Waals surface area contributed by atoms with Crippen molar-refractivity contribution >= 4 is 17.5 Å². The van der Waals surface area contributed by atoms with Gasteiger partial charge in [0, 0.05) is 37.2 Å². The fraction of sp³-hybridized carbons (Fsp3) is 0.429. The van der Waals surface area contributed by atoms with Gasteiger partial charge in [-0.1, -0.05) is 23.9 Å². The number of nitrogens with zero attached hydrogens (tertiary/aromatic N) is 5. The fourth-order valence-corrected chi connectivity index (χ4v) is 4.10. The maximum Gasteiger partial charge on any atom is 0.214 e. The summed E-state index contributed by atoms with van der Waals surface area (Å²) in [4.78, 5) is 12.9. The molecule has 0 amide bonds. The minimum atomic E-state index is 0.0544. The van der Waals surface area contributed by atoms with Gasteiger partial charge in [0.1, 0.15) is 11.4 Å². The molecule has 0 fully saturated rings. The van der Waals surface area contributed by atoms with Crippen molar-refractivity contribution in [1.29, 1.82) is 0 Å². The summed E-state index contributed by atoms with van der Waals surface area (Å²) >= 11 is 1.32. The Kier molecular flexibility index (Phi) is 7.64. The molecule has 0 spiro atoms. The van der Waals surface area contributed by atoms with Gasteiger partial charge in [-0.25, -0.2) is 0 Å². The van der Waals surface area contributed by atoms with Crippen LogP contribution < -0.4 is 4.74 Å². The maximum atomic E-state index is 12.9. The molecule has 2 heterocycles. The van der Waals surface area contributed by atoms with Crippen molar-refractivity contribution in [2.24, 2.45) is 0 Å². The van der Waals surface area contributed by atoms with Gasteiger partial charge in [-0.05, 0) is 55.8 Å². The third kappa shape index (κ3) is 4.91. The monoisotopic (exact) mass is 429 g/mol. The number of benzene rings is 1. The summed E-state index contributed by atoms with van der Waals surface area (Å²) in [6, 6.07) is 9.52. The van der Waals surface area contributed by atoms with Crippen molar-refractivity contribution in [3.63, 3.8) is 0 Å². The van der Waals surface area contributed by atoms with Crippen molar-refractivity contribution in [3.8, 4) is 11.4 Å². The second-order valence-electron chi connectivity index (χ2n) is 6.77. The molecule has 0 saturated carbocycles. The molecule has 160 valence electrons. The minimum absolute atomic E-state index is 0.0544. The van der Waals surface area contributed by atoms with Crippen molar-refractivity contribution in [2.75, 3.05) is 26.1 Å². The average Bonchev–Trinajstić information content (AvgIpc) is 3.32. The Morgan fingerprint density at radius 1 is 1.23 bits per heavy atom. The van der Waals surface area contributed by atoms with Gasteiger partial charge in [-0.15, -0.1) is 5.10 Å². The number of aryl methyl sites for hydroxylation is 1. The first-order valence-electron chi connectivity index (χ1n) is 9.89. The lowest BCUT2D eigenvalue weighted by Crippen LogP contribution is -2.09. The van der Waals surface area contributed by atoms with Crippen LogP contribution in [0.1, 0.15) is 35.1 Å². The molecular formula is C21H27N5O3S. The molecule has 1 aromatic carbocycles. The summed E-state index contributed by atoms with van der Waals surface area (Å²) in [7, 11) is 1.70. The number of hydrogen-bond acceptors (Lipinski definition) is 7. The van der Waals surface area contributed by atoms with Crippen LogP contribution in [0.4, 0.5) is 0 Å². The number of tetrazole rings is 1. The smallest absolute Gasteiger partial charge is 0.214 e. The van der Waals surface area contributed by atoms with E-state index in [-0.39, 0.29) is 11.5 Å². The van der Waals surface area contributed by atoms with E-state index in [9.17, 15) is 4.79 Å². The van der Waals surface area contributed by atoms with E-state index in [0.717, 1.165) is 35.6 Å². The van der Waals surface area contributed by atoms with E-state index in [2.05, 4.69) is 20.1 Å². The SMILES string of the molecule is CCOc1ccccc1-n1nnnc1SCC(=O)c1cc(C)n(CCCOC)c1C. The van der Waals surface area contributed by atoms with Gasteiger partial charge >= 0.3 is 0 Å². The number of para-hydroxylation sites is 2. The molecule has 0 aliphatic carbocycles. The molecule has 0 radical (unpaired) electrons. The molecular weight excluding hydrogens is 402 g/mol. The Morgan fingerprint density at radius 2 is 2.03 bits per heavy atom. The number of aromatic nitrogens is 5. The lowest BCUT2D eigenvalue weighted by Gasteiger charge is -2.10. The second kappa shape index (κ2) is 10.4. The summed E-state index contributed by atoms with van der Waals surface area (Å²) < 4.78 is 14.6. The summed E-state index contributed by atoms with van der Waals surface area (Å²) in [5.74, 6) is 0.998. The molecule has 0 N–H and O–H groups in total. The van der Waals surface area contributed by atoms with Crippen molar-refractivity contribution in [2.45, 2.75) is 38.9 Å². The lowest BCUT2D eigenvalue weighted by molar-refractivity contribution is 0.102. The van der Waals surface area contributed by atoms with Gasteiger partial charge in [0.25, 0.3) is 0 Å². The number of ether oxygens (including phenoxy) is 2. The first-order chi connectivity index (χ1) is 14.6. The number of Topliss-reactive ketones (excluding diaryl/α,β-unsaturated/α-hetero) is 1. The molecule has 0 unspecified atom stereocenters. The molecule has 0 saturated heterocycles. The number of carbonyl (C=O) groups excluding carboxylic acids is 1. The zero-order valence-corrected chi connectivity index (χ0v) is 18.6. The molecule has 3 rings (SSSR count). The van der Waals surface area contributed by atoms with Crippen LogP contribution in [0.2, 0.25) is 0 Å². The summed E-state index contributed by atoms with van der Waals surface area (Å²) in [6.07, 6.45) is 0.906. The number of methoxy groups -OCH3 is 1. The Balaban J connectivity index is 1.73. The van der Waals surface area contributed by atoms with Crippen LogP contribution in [0.15, 0.2) is 35.5 Å². The van der Waals surface area contributed by atoms with E-state index in [1.165, 1.54) is 11.8 Å². The highest BCUT2D eigenvalue weighted by Crippen LogP contribution is 2.27. The Labute approximate surface area is 180 Å². The predicted octanol–water partition coefficient (Wildman–Crippen LogP) is 3.49. The van der Waals surface area contributed by atoms with Crippen molar-refractivity contribution < 1.29 is 14.3 Å². The largest absolute Gasteiger partial charge is 0.492 e. The van der Waals surface area contributed by atoms with Gasteiger partial charge in [0.2, 0.25) is 5.16 Å². The quantitative estimate of drug-likeness (QED) is 0.262. The first kappa shape index (κ1) is 22.0. The van der Waals surface area contributed by atoms with E-state index in [1.807, 2.05) is 51.1 Å². The second-order valence-corrected chi connectivity index (χ2v) is 7.71. The van der Waals surface area contributed by atoms with Crippen LogP contribution >= 0.6 is 11.8 Å². The molecule has 0 atom stereocenters. The molecule has 2 aromatic heterocycles. The minimum Gasteiger partial charge on any atom is -0.492 e. The van der Waals surface area contributed by atoms with Crippen LogP contribution in [0.25, 0.3) is 5.69 Å². The molecule has 9 heteroatoms. The number of rotatable bonds is 11. The van der Waals surface area contributed by atoms with E-state index < -0.39 is 0 Å². The Hall–Kier alpha value is -2.65. The lowest BCUT2D eigenvalue weighted by atomic mass is 10.2. The van der Waals surface area contributed by atoms with Crippen molar-refractivity contribution in [1.82, 2.24) is 24.8 Å². The summed E-state index contributed by atoms with van der Waals surface area (Å²) in [5.41, 5.74) is 3.55. The highest BCUT2D eigenvalue weighted by atomic mass is 32.2. The molecule has 0 aliphatic heterocycles. The van der Waals surface area contributed by atoms with Gasteiger partial charge in [-0.3, -0.25) is 4.79 Å². The Bertz CT molecular complexity index is 998. The zero-order chi connectivity index (χ0) is 21.5. The van der Waals surface area contributed by atoms with Gasteiger partial charge in [0.15, 0.2) is 5.78 Å². The van der Waals surface area contributed by atoms with Gasteiger partial charge < -0.3 is 14.0 Å². The van der Waals surface area contributed by atoms with Crippen LogP contribution in [0, 0.1) is 13.8 Å². The van der Waals surface area contributed by atoms with E-state index in [4.69, 9.17) is 9.47 Å². The standard InChI is InChI=1S/C21H27N5O3S/c1-5-29-20-10-7-6-9-18(20)26-21(22-23-24-26)30-14-19(27)17-13-15(2)25(16(17)3)11-8-12-28-4/h6-7,9-10,13H,5,8,11-12,14H2,1-4H3. The number of hydrogen-bond donors (Lipinski definition) is 0. The maximum absolute atomic E-state index is 12.9. The number of ketones is 1. The number of thioether (sulfide) groups is 1. The fourth-order valence-electron chi connectivity index (χ4n) is 3.33. The predicted molar refractivity (Wildman–Crippen MR) is 116 cm³/mol. The van der Waals surface area contributed by atoms with E-state index in [0.29, 0.717) is 24.1 Å². The van der Waals surface area contributed by atoms with Gasteiger partial charge in [-0.2, -0.15) is 4.68 Å². The normalized spacial score (nSPS) is 11.1.